The number of aryl methyl sites for hydroxylation is 1. The van der Waals surface area contributed by atoms with Crippen molar-refractivity contribution < 1.29 is 9.84 Å². The Kier molecular flexibility index (Phi) is 5.22. The highest BCUT2D eigenvalue weighted by Crippen LogP contribution is 2.22. The summed E-state index contributed by atoms with van der Waals surface area (Å²) in [4.78, 5) is 21.5. The van der Waals surface area contributed by atoms with Crippen molar-refractivity contribution in [2.75, 3.05) is 11.9 Å². The number of nitrogens with zero attached hydrogens (tertiary/aromatic N) is 3. The molecular weight excluding hydrogens is 368 g/mol. The van der Waals surface area contributed by atoms with Crippen molar-refractivity contribution in [2.45, 2.75) is 6.42 Å². The van der Waals surface area contributed by atoms with Crippen LogP contribution in [0.15, 0.2) is 71.7 Å². The first-order valence-electron chi connectivity index (χ1n) is 9.20. The minimum absolute atomic E-state index is 0.116. The van der Waals surface area contributed by atoms with Crippen LogP contribution in [0.3, 0.4) is 0 Å². The molecule has 4 aromatic rings. The minimum Gasteiger partial charge on any atom is -0.452 e. The van der Waals surface area contributed by atoms with Gasteiger partial charge in [-0.2, -0.15) is 4.98 Å². The highest BCUT2D eigenvalue weighted by Gasteiger charge is 2.11. The van der Waals surface area contributed by atoms with Crippen LogP contribution in [0.1, 0.15) is 5.56 Å². The van der Waals surface area contributed by atoms with Gasteiger partial charge in [0.25, 0.3) is 5.56 Å². The molecule has 4 rings (SSSR count). The van der Waals surface area contributed by atoms with Crippen LogP contribution in [0.25, 0.3) is 11.0 Å². The van der Waals surface area contributed by atoms with Gasteiger partial charge in [-0.25, -0.2) is 4.98 Å². The number of para-hydroxylation sites is 1. The van der Waals surface area contributed by atoms with E-state index in [0.29, 0.717) is 29.2 Å². The molecule has 2 aromatic heterocycles. The number of anilines is 2. The molecule has 146 valence electrons. The summed E-state index contributed by atoms with van der Waals surface area (Å²) >= 11 is 0. The molecule has 0 aliphatic rings. The fraction of sp³-hybridized carbons (Fsp3) is 0.136. The van der Waals surface area contributed by atoms with E-state index in [1.165, 1.54) is 4.57 Å². The fourth-order valence-electron chi connectivity index (χ4n) is 2.98. The summed E-state index contributed by atoms with van der Waals surface area (Å²) in [6, 6.07) is 18.5. The van der Waals surface area contributed by atoms with Crippen LogP contribution < -0.4 is 15.6 Å². The standard InChI is InChI=1S/C22H20N4O3/c1-26-20-16(13-19(21(26)28)29-18-5-3-2-4-6-18)14-23-22(25-20)24-17-9-7-15(8-10-17)11-12-27/h2-10,13-14,27H,11-12H2,1H3,(H,23,24,25). The molecule has 0 bridgehead atoms. The number of aliphatic hydroxyl groups is 1. The second kappa shape index (κ2) is 8.12. The first-order chi connectivity index (χ1) is 14.1. The molecule has 2 aromatic carbocycles. The van der Waals surface area contributed by atoms with Gasteiger partial charge in [0, 0.05) is 30.9 Å². The fourth-order valence-corrected chi connectivity index (χ4v) is 2.98. The second-order valence-electron chi connectivity index (χ2n) is 6.56. The lowest BCUT2D eigenvalue weighted by Gasteiger charge is -2.11. The molecule has 2 heterocycles. The quantitative estimate of drug-likeness (QED) is 0.526. The highest BCUT2D eigenvalue weighted by molar-refractivity contribution is 5.77. The SMILES string of the molecule is Cn1c(=O)c(Oc2ccccc2)cc2cnc(Nc3ccc(CCO)cc3)nc21. The Hall–Kier alpha value is -3.71. The van der Waals surface area contributed by atoms with Gasteiger partial charge in [-0.15, -0.1) is 0 Å². The smallest absolute Gasteiger partial charge is 0.294 e. The molecule has 0 atom stereocenters. The Morgan fingerprint density at radius 2 is 1.86 bits per heavy atom. The summed E-state index contributed by atoms with van der Waals surface area (Å²) in [5.74, 6) is 1.20. The number of benzene rings is 2. The number of aromatic nitrogens is 3. The third-order valence-corrected chi connectivity index (χ3v) is 4.50. The van der Waals surface area contributed by atoms with Gasteiger partial charge >= 0.3 is 0 Å². The van der Waals surface area contributed by atoms with Crippen LogP contribution in [-0.2, 0) is 13.5 Å². The van der Waals surface area contributed by atoms with Gasteiger partial charge in [0.2, 0.25) is 5.95 Å². The third kappa shape index (κ3) is 4.09. The first-order valence-corrected chi connectivity index (χ1v) is 9.20. The van der Waals surface area contributed by atoms with E-state index < -0.39 is 0 Å². The number of hydrogen-bond donors (Lipinski definition) is 2. The molecule has 0 saturated carbocycles. The van der Waals surface area contributed by atoms with Crippen LogP contribution in [0.4, 0.5) is 11.6 Å². The molecule has 0 aliphatic heterocycles. The van der Waals surface area contributed by atoms with Crippen molar-refractivity contribution in [1.82, 2.24) is 14.5 Å². The maximum absolute atomic E-state index is 12.7. The molecular formula is C22H20N4O3. The van der Waals surface area contributed by atoms with Crippen LogP contribution >= 0.6 is 0 Å². The molecule has 0 spiro atoms. The Morgan fingerprint density at radius 1 is 1.10 bits per heavy atom. The molecule has 0 fully saturated rings. The first kappa shape index (κ1) is 18.6. The average Bonchev–Trinajstić information content (AvgIpc) is 2.75. The van der Waals surface area contributed by atoms with Crippen molar-refractivity contribution in [3.8, 4) is 11.5 Å². The van der Waals surface area contributed by atoms with Gasteiger partial charge in [0.05, 0.1) is 0 Å². The molecule has 0 saturated heterocycles. The average molecular weight is 388 g/mol. The Bertz CT molecular complexity index is 1190. The zero-order valence-corrected chi connectivity index (χ0v) is 15.9. The van der Waals surface area contributed by atoms with E-state index in [-0.39, 0.29) is 17.9 Å². The lowest BCUT2D eigenvalue weighted by molar-refractivity contribution is 0.299. The van der Waals surface area contributed by atoms with Crippen LogP contribution in [0, 0.1) is 0 Å². The summed E-state index contributed by atoms with van der Waals surface area (Å²) in [6.07, 6.45) is 2.27. The predicted octanol–water partition coefficient (Wildman–Crippen LogP) is 3.40. The number of hydrogen-bond acceptors (Lipinski definition) is 6. The number of nitrogens with one attached hydrogen (secondary N) is 1. The zero-order chi connectivity index (χ0) is 20.2. The van der Waals surface area contributed by atoms with E-state index in [1.807, 2.05) is 42.5 Å². The molecule has 2 N–H and O–H groups in total. The van der Waals surface area contributed by atoms with Gasteiger partial charge in [0.1, 0.15) is 11.4 Å². The second-order valence-corrected chi connectivity index (χ2v) is 6.56. The van der Waals surface area contributed by atoms with Gasteiger partial charge in [-0.05, 0) is 42.3 Å². The lowest BCUT2D eigenvalue weighted by Crippen LogP contribution is -2.19. The summed E-state index contributed by atoms with van der Waals surface area (Å²) in [7, 11) is 1.66. The molecule has 0 unspecified atom stereocenters. The Labute approximate surface area is 167 Å². The number of ether oxygens (including phenoxy) is 1. The maximum Gasteiger partial charge on any atom is 0.294 e. The van der Waals surface area contributed by atoms with Gasteiger partial charge in [0.15, 0.2) is 5.75 Å². The predicted molar refractivity (Wildman–Crippen MR) is 112 cm³/mol. The highest BCUT2D eigenvalue weighted by atomic mass is 16.5. The van der Waals surface area contributed by atoms with E-state index in [9.17, 15) is 4.79 Å². The zero-order valence-electron chi connectivity index (χ0n) is 15.9. The van der Waals surface area contributed by atoms with Crippen molar-refractivity contribution >= 4 is 22.7 Å². The van der Waals surface area contributed by atoms with Crippen molar-refractivity contribution in [1.29, 1.82) is 0 Å². The van der Waals surface area contributed by atoms with E-state index in [4.69, 9.17) is 9.84 Å². The summed E-state index contributed by atoms with van der Waals surface area (Å²) in [6.45, 7) is 0.116. The molecule has 0 radical (unpaired) electrons. The van der Waals surface area contributed by atoms with E-state index in [0.717, 1.165) is 11.3 Å². The Balaban J connectivity index is 1.63. The number of aliphatic hydroxyl groups excluding tert-OH is 1. The minimum atomic E-state index is -0.278. The normalized spacial score (nSPS) is 10.8. The van der Waals surface area contributed by atoms with Crippen molar-refractivity contribution in [2.24, 2.45) is 7.05 Å². The van der Waals surface area contributed by atoms with Gasteiger partial charge < -0.3 is 15.2 Å². The largest absolute Gasteiger partial charge is 0.452 e. The molecule has 7 nitrogen and oxygen atoms in total. The molecule has 29 heavy (non-hydrogen) atoms. The van der Waals surface area contributed by atoms with E-state index >= 15 is 0 Å². The maximum atomic E-state index is 12.7. The molecule has 0 amide bonds. The van der Waals surface area contributed by atoms with Crippen LogP contribution in [0.2, 0.25) is 0 Å². The summed E-state index contributed by atoms with van der Waals surface area (Å²) < 4.78 is 7.18. The topological polar surface area (TPSA) is 89.3 Å². The number of fused-ring (bicyclic) bond motifs is 1. The van der Waals surface area contributed by atoms with Gasteiger partial charge in [-0.3, -0.25) is 9.36 Å². The van der Waals surface area contributed by atoms with E-state index in [2.05, 4.69) is 15.3 Å². The van der Waals surface area contributed by atoms with E-state index in [1.54, 1.807) is 31.4 Å². The lowest BCUT2D eigenvalue weighted by atomic mass is 10.1. The summed E-state index contributed by atoms with van der Waals surface area (Å²) in [5.41, 5.74) is 2.09. The number of rotatable bonds is 6. The van der Waals surface area contributed by atoms with Crippen LogP contribution in [-0.4, -0.2) is 26.2 Å². The Morgan fingerprint density at radius 3 is 2.59 bits per heavy atom. The van der Waals surface area contributed by atoms with Crippen molar-refractivity contribution in [3.05, 3.63) is 82.8 Å². The summed E-state index contributed by atoms with van der Waals surface area (Å²) in [5, 5.41) is 12.8. The number of pyridine rings is 1. The van der Waals surface area contributed by atoms with Crippen LogP contribution in [0.5, 0.6) is 11.5 Å². The van der Waals surface area contributed by atoms with Gasteiger partial charge in [-0.1, -0.05) is 30.3 Å². The molecule has 0 aliphatic carbocycles. The third-order valence-electron chi connectivity index (χ3n) is 4.50. The monoisotopic (exact) mass is 388 g/mol. The molecule has 7 heteroatoms. The van der Waals surface area contributed by atoms with Crippen molar-refractivity contribution in [3.63, 3.8) is 0 Å².